The Kier molecular flexibility index (Phi) is 8.35. The van der Waals surface area contributed by atoms with Gasteiger partial charge >= 0.3 is 0 Å². The summed E-state index contributed by atoms with van der Waals surface area (Å²) in [5.74, 6) is 0.253. The van der Waals surface area contributed by atoms with E-state index in [1.54, 1.807) is 0 Å². The molecule has 1 unspecified atom stereocenters. The van der Waals surface area contributed by atoms with Gasteiger partial charge in [0.25, 0.3) is 0 Å². The molecule has 0 aliphatic heterocycles. The van der Waals surface area contributed by atoms with E-state index >= 15 is 0 Å². The van der Waals surface area contributed by atoms with Gasteiger partial charge in [0.05, 0.1) is 11.5 Å². The second-order valence-corrected chi connectivity index (χ2v) is 7.95. The van der Waals surface area contributed by atoms with Gasteiger partial charge in [-0.05, 0) is 61.5 Å². The van der Waals surface area contributed by atoms with Gasteiger partial charge in [0, 0.05) is 11.6 Å². The maximum atomic E-state index is 10.0. The average molecular weight is 383 g/mol. The smallest absolute Gasteiger partial charge is 0.0845 e. The molecular weight excluding hydrogens is 352 g/mol. The molecule has 144 valence electrons. The number of hydrogen-bond donors (Lipinski definition) is 0. The molecule has 2 aromatic rings. The van der Waals surface area contributed by atoms with Gasteiger partial charge in [-0.2, -0.15) is 5.26 Å². The molecule has 0 bridgehead atoms. The van der Waals surface area contributed by atoms with E-state index in [1.165, 1.54) is 5.56 Å². The minimum Gasteiger partial charge on any atom is -0.303 e. The highest BCUT2D eigenvalue weighted by molar-refractivity contribution is 6.30. The zero-order chi connectivity index (χ0) is 19.7. The van der Waals surface area contributed by atoms with Crippen LogP contribution in [0.3, 0.4) is 0 Å². The lowest BCUT2D eigenvalue weighted by molar-refractivity contribution is 0.264. The molecule has 3 heteroatoms. The SMILES string of the molecule is CCN(CCCC(C#N)(c1ccc(Cl)cc1)C(C)C)CCc1ccccc1. The molecule has 2 rings (SSSR count). The molecule has 0 aliphatic rings. The van der Waals surface area contributed by atoms with E-state index in [0.717, 1.165) is 44.5 Å². The number of rotatable bonds is 10. The van der Waals surface area contributed by atoms with Crippen molar-refractivity contribution in [2.24, 2.45) is 5.92 Å². The van der Waals surface area contributed by atoms with Crippen LogP contribution in [0.25, 0.3) is 0 Å². The maximum Gasteiger partial charge on any atom is 0.0845 e. The van der Waals surface area contributed by atoms with Crippen molar-refractivity contribution in [1.29, 1.82) is 5.26 Å². The summed E-state index contributed by atoms with van der Waals surface area (Å²) in [5.41, 5.74) is 2.01. The molecule has 0 spiro atoms. The monoisotopic (exact) mass is 382 g/mol. The van der Waals surface area contributed by atoms with Gasteiger partial charge in [-0.1, -0.05) is 74.8 Å². The zero-order valence-corrected chi connectivity index (χ0v) is 17.5. The highest BCUT2D eigenvalue weighted by atomic mass is 35.5. The summed E-state index contributed by atoms with van der Waals surface area (Å²) in [7, 11) is 0. The molecule has 1 atom stereocenters. The quantitative estimate of drug-likeness (QED) is 0.496. The molecule has 0 amide bonds. The van der Waals surface area contributed by atoms with Crippen molar-refractivity contribution >= 4 is 11.6 Å². The van der Waals surface area contributed by atoms with Crippen LogP contribution in [0, 0.1) is 17.2 Å². The van der Waals surface area contributed by atoms with Crippen molar-refractivity contribution in [2.45, 2.75) is 45.4 Å². The fourth-order valence-corrected chi connectivity index (χ4v) is 3.83. The molecule has 0 fully saturated rings. The molecule has 2 nitrogen and oxygen atoms in total. The van der Waals surface area contributed by atoms with E-state index in [-0.39, 0.29) is 5.92 Å². The minimum absolute atomic E-state index is 0.253. The lowest BCUT2D eigenvalue weighted by atomic mass is 9.70. The Bertz CT molecular complexity index is 718. The highest BCUT2D eigenvalue weighted by Gasteiger charge is 2.35. The van der Waals surface area contributed by atoms with Gasteiger partial charge in [0.15, 0.2) is 0 Å². The molecule has 0 heterocycles. The van der Waals surface area contributed by atoms with Gasteiger partial charge in [-0.15, -0.1) is 0 Å². The van der Waals surface area contributed by atoms with Crippen LogP contribution >= 0.6 is 11.6 Å². The Morgan fingerprint density at radius 2 is 1.70 bits per heavy atom. The predicted octanol–water partition coefficient (Wildman–Crippen LogP) is 6.10. The fraction of sp³-hybridized carbons (Fsp3) is 0.458. The van der Waals surface area contributed by atoms with E-state index in [0.29, 0.717) is 5.02 Å². The summed E-state index contributed by atoms with van der Waals surface area (Å²) in [6.07, 6.45) is 2.95. The molecule has 0 saturated carbocycles. The van der Waals surface area contributed by atoms with Crippen molar-refractivity contribution in [3.05, 3.63) is 70.7 Å². The van der Waals surface area contributed by atoms with Crippen LogP contribution in [0.4, 0.5) is 0 Å². The largest absolute Gasteiger partial charge is 0.303 e. The number of benzene rings is 2. The van der Waals surface area contributed by atoms with E-state index < -0.39 is 5.41 Å². The van der Waals surface area contributed by atoms with Crippen LogP contribution in [0.1, 0.15) is 44.7 Å². The lowest BCUT2D eigenvalue weighted by Crippen LogP contribution is -2.33. The lowest BCUT2D eigenvalue weighted by Gasteiger charge is -2.32. The summed E-state index contributed by atoms with van der Waals surface area (Å²) in [5, 5.41) is 10.8. The zero-order valence-electron chi connectivity index (χ0n) is 16.8. The van der Waals surface area contributed by atoms with Gasteiger partial charge < -0.3 is 4.90 Å². The van der Waals surface area contributed by atoms with Crippen molar-refractivity contribution in [3.8, 4) is 6.07 Å². The maximum absolute atomic E-state index is 10.0. The third-order valence-electron chi connectivity index (χ3n) is 5.60. The van der Waals surface area contributed by atoms with Crippen LogP contribution in [0.5, 0.6) is 0 Å². The summed E-state index contributed by atoms with van der Waals surface area (Å²) in [6, 6.07) is 21.1. The van der Waals surface area contributed by atoms with Crippen molar-refractivity contribution in [1.82, 2.24) is 4.90 Å². The normalized spacial score (nSPS) is 13.5. The van der Waals surface area contributed by atoms with Crippen LogP contribution in [-0.4, -0.2) is 24.5 Å². The first-order chi connectivity index (χ1) is 13.0. The standard InChI is InChI=1S/C24H31ClN2/c1-4-27(18-15-21-9-6-5-7-10-21)17-8-16-24(19-26,20(2)3)22-11-13-23(25)14-12-22/h5-7,9-14,20H,4,8,15-18H2,1-3H3. The Morgan fingerprint density at radius 1 is 1.04 bits per heavy atom. The molecule has 0 N–H and O–H groups in total. The summed E-state index contributed by atoms with van der Waals surface area (Å²) < 4.78 is 0. The molecule has 0 radical (unpaired) electrons. The Balaban J connectivity index is 1.97. The summed E-state index contributed by atoms with van der Waals surface area (Å²) >= 11 is 6.04. The Hall–Kier alpha value is -1.82. The summed E-state index contributed by atoms with van der Waals surface area (Å²) in [6.45, 7) is 9.62. The van der Waals surface area contributed by atoms with Gasteiger partial charge in [0.1, 0.15) is 0 Å². The first-order valence-electron chi connectivity index (χ1n) is 9.95. The minimum atomic E-state index is -0.455. The number of likely N-dealkylation sites (N-methyl/N-ethyl adjacent to an activating group) is 1. The van der Waals surface area contributed by atoms with Crippen LogP contribution < -0.4 is 0 Å². The van der Waals surface area contributed by atoms with Crippen molar-refractivity contribution in [3.63, 3.8) is 0 Å². The fourth-order valence-electron chi connectivity index (χ4n) is 3.70. The topological polar surface area (TPSA) is 27.0 Å². The number of nitriles is 1. The highest BCUT2D eigenvalue weighted by Crippen LogP contribution is 2.37. The van der Waals surface area contributed by atoms with Crippen molar-refractivity contribution < 1.29 is 0 Å². The van der Waals surface area contributed by atoms with Crippen LogP contribution in [0.2, 0.25) is 5.02 Å². The van der Waals surface area contributed by atoms with E-state index in [1.807, 2.05) is 24.3 Å². The average Bonchev–Trinajstić information content (AvgIpc) is 2.69. The molecular formula is C24H31ClN2. The molecule has 0 aliphatic carbocycles. The summed E-state index contributed by atoms with van der Waals surface area (Å²) in [4.78, 5) is 2.48. The molecule has 0 saturated heterocycles. The van der Waals surface area contributed by atoms with E-state index in [4.69, 9.17) is 11.6 Å². The Morgan fingerprint density at radius 3 is 2.26 bits per heavy atom. The third kappa shape index (κ3) is 5.83. The van der Waals surface area contributed by atoms with Gasteiger partial charge in [-0.25, -0.2) is 0 Å². The number of halogens is 1. The second-order valence-electron chi connectivity index (χ2n) is 7.52. The molecule has 0 aromatic heterocycles. The van der Waals surface area contributed by atoms with Gasteiger partial charge in [0.2, 0.25) is 0 Å². The first-order valence-corrected chi connectivity index (χ1v) is 10.3. The molecule has 27 heavy (non-hydrogen) atoms. The van der Waals surface area contributed by atoms with E-state index in [2.05, 4.69) is 62.1 Å². The third-order valence-corrected chi connectivity index (χ3v) is 5.85. The number of nitrogens with zero attached hydrogens (tertiary/aromatic N) is 2. The van der Waals surface area contributed by atoms with E-state index in [9.17, 15) is 5.26 Å². The predicted molar refractivity (Wildman–Crippen MR) is 115 cm³/mol. The van der Waals surface area contributed by atoms with Crippen LogP contribution in [-0.2, 0) is 11.8 Å². The number of hydrogen-bond acceptors (Lipinski definition) is 2. The Labute approximate surface area is 169 Å². The van der Waals surface area contributed by atoms with Crippen LogP contribution in [0.15, 0.2) is 54.6 Å². The van der Waals surface area contributed by atoms with Crippen molar-refractivity contribution in [2.75, 3.05) is 19.6 Å². The first kappa shape index (κ1) is 21.5. The second kappa shape index (κ2) is 10.5. The van der Waals surface area contributed by atoms with Gasteiger partial charge in [-0.3, -0.25) is 0 Å². The molecule has 2 aromatic carbocycles.